The predicted octanol–water partition coefficient (Wildman–Crippen LogP) is 6.24. The molecule has 9 rings (SSSR count). The first-order valence-electron chi connectivity index (χ1n) is 16.9. The van der Waals surface area contributed by atoms with Crippen LogP contribution in [0.15, 0.2) is 145 Å². The van der Waals surface area contributed by atoms with Crippen molar-refractivity contribution in [3.8, 4) is 0 Å². The Kier molecular flexibility index (Phi) is 8.71. The van der Waals surface area contributed by atoms with Crippen molar-refractivity contribution < 1.29 is 44.8 Å². The van der Waals surface area contributed by atoms with E-state index in [1.807, 2.05) is 0 Å². The van der Waals surface area contributed by atoms with Crippen molar-refractivity contribution in [1.29, 1.82) is 0 Å². The second kappa shape index (κ2) is 12.7. The topological polar surface area (TPSA) is 0 Å². The molecule has 0 aromatic heterocycles. The van der Waals surface area contributed by atoms with E-state index in [9.17, 15) is 0 Å². The first kappa shape index (κ1) is 32.3. The van der Waals surface area contributed by atoms with Gasteiger partial charge in [-0.05, 0) is 0 Å². The van der Waals surface area contributed by atoms with E-state index in [2.05, 4.69) is 147 Å². The van der Waals surface area contributed by atoms with E-state index in [0.29, 0.717) is 7.35 Å². The molecule has 3 aliphatic rings. The van der Waals surface area contributed by atoms with Crippen LogP contribution in [0.4, 0.5) is 0 Å². The Morgan fingerprint density at radius 2 is 0.809 bits per heavy atom. The van der Waals surface area contributed by atoms with Crippen molar-refractivity contribution in [3.05, 3.63) is 178 Å². The first-order valence-corrected chi connectivity index (χ1v) is 26.1. The van der Waals surface area contributed by atoms with Gasteiger partial charge in [0.15, 0.2) is 0 Å². The third kappa shape index (κ3) is 4.79. The fraction of sp³-hybridized carbons (Fsp3) is 0.182. The van der Waals surface area contributed by atoms with Crippen LogP contribution in [-0.2, 0) is 20.0 Å². The van der Waals surface area contributed by atoms with E-state index >= 15 is 0 Å². The van der Waals surface area contributed by atoms with Crippen molar-refractivity contribution in [2.75, 3.05) is 0 Å². The fourth-order valence-electron chi connectivity index (χ4n) is 9.45. The number of hydrogen-bond donors (Lipinski definition) is 0. The SMILES string of the molecule is CCC1=C(c2cccc3ccccc23)c2ccccc2[CH]1[Hf+2]1([CH]2C(CC)=C(c3cccc4ccccc34)c3ccccc32)[CH2][CH2]1.[Cl-].[Cl-]. The van der Waals surface area contributed by atoms with E-state index in [4.69, 9.17) is 0 Å². The quantitative estimate of drug-likeness (QED) is 0.175. The van der Waals surface area contributed by atoms with Gasteiger partial charge in [0.2, 0.25) is 0 Å². The Hall–Kier alpha value is -3.23. The summed E-state index contributed by atoms with van der Waals surface area (Å²) in [5, 5.41) is 5.45. The van der Waals surface area contributed by atoms with E-state index in [-0.39, 0.29) is 24.8 Å². The van der Waals surface area contributed by atoms with Gasteiger partial charge >= 0.3 is 273 Å². The summed E-state index contributed by atoms with van der Waals surface area (Å²) in [5.74, 6) is 0. The zero-order valence-electron chi connectivity index (χ0n) is 26.9. The van der Waals surface area contributed by atoms with Crippen LogP contribution in [0.2, 0.25) is 8.35 Å². The second-order valence-corrected chi connectivity index (χ2v) is 29.9. The molecule has 2 unspecified atom stereocenters. The number of allylic oxidation sites excluding steroid dienone is 2. The van der Waals surface area contributed by atoms with E-state index in [0.717, 1.165) is 12.8 Å². The zero-order valence-corrected chi connectivity index (χ0v) is 32.0. The van der Waals surface area contributed by atoms with Crippen molar-refractivity contribution in [3.63, 3.8) is 0 Å². The molecule has 6 aromatic rings. The molecular weight excluding hydrogens is 778 g/mol. The molecule has 1 aliphatic heterocycles. The smallest absolute Gasteiger partial charge is 1.00 e. The van der Waals surface area contributed by atoms with Crippen molar-refractivity contribution in [2.45, 2.75) is 42.4 Å². The summed E-state index contributed by atoms with van der Waals surface area (Å²) in [6.45, 7) is 4.87. The molecule has 0 amide bonds. The van der Waals surface area contributed by atoms with Gasteiger partial charge in [-0.15, -0.1) is 0 Å². The molecule has 47 heavy (non-hydrogen) atoms. The second-order valence-electron chi connectivity index (χ2n) is 13.3. The molecule has 0 spiro atoms. The number of benzene rings is 6. The zero-order chi connectivity index (χ0) is 30.1. The molecule has 0 saturated carbocycles. The minimum absolute atomic E-state index is 0. The van der Waals surface area contributed by atoms with Gasteiger partial charge in [0.1, 0.15) is 0 Å². The monoisotopic (exact) mass is 816 g/mol. The van der Waals surface area contributed by atoms with Crippen LogP contribution < -0.4 is 24.8 Å². The maximum atomic E-state index is 2.51. The fourth-order valence-corrected chi connectivity index (χ4v) is 38.1. The van der Waals surface area contributed by atoms with Gasteiger partial charge in [-0.3, -0.25) is 0 Å². The maximum absolute atomic E-state index is 3.08. The predicted molar refractivity (Wildman–Crippen MR) is 189 cm³/mol. The molecule has 2 aliphatic carbocycles. The minimum Gasteiger partial charge on any atom is -1.00 e. The van der Waals surface area contributed by atoms with Crippen LogP contribution in [0.1, 0.15) is 67.4 Å². The van der Waals surface area contributed by atoms with E-state index in [1.54, 1.807) is 33.4 Å². The number of fused-ring (bicyclic) bond motifs is 4. The molecule has 2 atom stereocenters. The molecule has 0 radical (unpaired) electrons. The summed E-state index contributed by atoms with van der Waals surface area (Å²) < 4.78 is 4.26. The first-order chi connectivity index (χ1) is 22.2. The standard InChI is InChI=1S/2C21H17.C2H4.2ClH.Hf/c2*1-2-15-14-17-9-4-6-12-19(17)21(15)20-13-7-10-16-8-3-5-11-18(16)20;1-2;;;/h2*3-14H,2H2,1H3;1-2H2;2*1H;/q;;;;;+2/p-2. The summed E-state index contributed by atoms with van der Waals surface area (Å²) in [4.78, 5) is 0. The average molecular weight is 816 g/mol. The third-order valence-electron chi connectivity index (χ3n) is 11.3. The molecule has 1 saturated heterocycles. The third-order valence-corrected chi connectivity index (χ3v) is 30.2. The van der Waals surface area contributed by atoms with Gasteiger partial charge in [0, 0.05) is 0 Å². The Morgan fingerprint density at radius 1 is 0.447 bits per heavy atom. The molecular formula is C44H38Cl2Hf. The largest absolute Gasteiger partial charge is 1.00 e. The molecule has 232 valence electrons. The van der Waals surface area contributed by atoms with Crippen LogP contribution >= 0.6 is 0 Å². The van der Waals surface area contributed by atoms with Crippen LogP contribution in [0.5, 0.6) is 0 Å². The Labute approximate surface area is 295 Å². The van der Waals surface area contributed by atoms with Crippen LogP contribution in [0, 0.1) is 0 Å². The number of halogens is 2. The van der Waals surface area contributed by atoms with Crippen LogP contribution in [0.25, 0.3) is 32.7 Å². The van der Waals surface area contributed by atoms with Gasteiger partial charge in [0.05, 0.1) is 0 Å². The van der Waals surface area contributed by atoms with Crippen molar-refractivity contribution in [2.24, 2.45) is 0 Å². The molecule has 6 aromatic carbocycles. The van der Waals surface area contributed by atoms with Crippen LogP contribution in [0.3, 0.4) is 0 Å². The van der Waals surface area contributed by atoms with Crippen molar-refractivity contribution in [1.82, 2.24) is 0 Å². The number of rotatable bonds is 6. The van der Waals surface area contributed by atoms with Gasteiger partial charge in [-0.2, -0.15) is 0 Å². The Morgan fingerprint density at radius 3 is 1.23 bits per heavy atom. The van der Waals surface area contributed by atoms with Crippen LogP contribution in [-0.4, -0.2) is 0 Å². The summed E-state index contributed by atoms with van der Waals surface area (Å²) in [5.41, 5.74) is 15.7. The molecule has 1 fully saturated rings. The summed E-state index contributed by atoms with van der Waals surface area (Å²) in [7, 11) is 0. The van der Waals surface area contributed by atoms with Gasteiger partial charge in [-0.1, -0.05) is 0 Å². The molecule has 0 N–H and O–H groups in total. The summed E-state index contributed by atoms with van der Waals surface area (Å²) in [6.07, 6.45) is 2.24. The minimum atomic E-state index is -3.08. The molecule has 3 heteroatoms. The van der Waals surface area contributed by atoms with E-state index in [1.165, 1.54) is 52.2 Å². The van der Waals surface area contributed by atoms with E-state index < -0.39 is 20.0 Å². The number of hydrogen-bond acceptors (Lipinski definition) is 0. The molecule has 0 bridgehead atoms. The van der Waals surface area contributed by atoms with Crippen molar-refractivity contribution >= 4 is 32.7 Å². The normalized spacial score (nSPS) is 18.3. The van der Waals surface area contributed by atoms with Gasteiger partial charge < -0.3 is 24.8 Å². The van der Waals surface area contributed by atoms with Gasteiger partial charge in [0.25, 0.3) is 0 Å². The summed E-state index contributed by atoms with van der Waals surface area (Å²) >= 11 is -3.08. The molecule has 0 nitrogen and oxygen atoms in total. The maximum Gasteiger partial charge on any atom is -1.00 e. The molecule has 1 heterocycles. The Balaban J connectivity index is 0.00000176. The summed E-state index contributed by atoms with van der Waals surface area (Å²) in [6, 6.07) is 50.9. The van der Waals surface area contributed by atoms with Gasteiger partial charge in [-0.25, -0.2) is 0 Å². The Bertz CT molecular complexity index is 2050. The average Bonchev–Trinajstić information content (AvgIpc) is 3.71.